The quantitative estimate of drug-likeness (QED) is 0.752. The zero-order valence-electron chi connectivity index (χ0n) is 10.9. The number of carboxylic acid groups (broad SMARTS) is 1. The molecule has 2 amide bonds. The van der Waals surface area contributed by atoms with E-state index in [2.05, 4.69) is 0 Å². The number of urea groups is 1. The largest absolute Gasteiger partial charge is 0.480 e. The van der Waals surface area contributed by atoms with E-state index in [1.807, 2.05) is 13.8 Å². The van der Waals surface area contributed by atoms with Gasteiger partial charge in [-0.05, 0) is 26.7 Å². The van der Waals surface area contributed by atoms with Crippen LogP contribution in [0.2, 0.25) is 0 Å². The Morgan fingerprint density at radius 3 is 2.67 bits per heavy atom. The summed E-state index contributed by atoms with van der Waals surface area (Å²) in [4.78, 5) is 26.6. The number of morpholine rings is 1. The average molecular weight is 256 g/mol. The van der Waals surface area contributed by atoms with Gasteiger partial charge in [0.15, 0.2) is 0 Å². The predicted molar refractivity (Wildman–Crippen MR) is 64.4 cm³/mol. The summed E-state index contributed by atoms with van der Waals surface area (Å²) in [7, 11) is 0. The number of rotatable bonds is 1. The number of hydrogen-bond donors (Lipinski definition) is 1. The van der Waals surface area contributed by atoms with Crippen molar-refractivity contribution in [1.82, 2.24) is 9.80 Å². The summed E-state index contributed by atoms with van der Waals surface area (Å²) in [5.74, 6) is -0.909. The van der Waals surface area contributed by atoms with Crippen LogP contribution in [0.25, 0.3) is 0 Å². The van der Waals surface area contributed by atoms with E-state index in [4.69, 9.17) is 9.84 Å². The third kappa shape index (κ3) is 2.58. The lowest BCUT2D eigenvalue weighted by Crippen LogP contribution is -2.56. The van der Waals surface area contributed by atoms with Gasteiger partial charge in [0.05, 0.1) is 18.8 Å². The highest BCUT2D eigenvalue weighted by Crippen LogP contribution is 2.22. The first kappa shape index (κ1) is 13.1. The van der Waals surface area contributed by atoms with Crippen LogP contribution in [0.3, 0.4) is 0 Å². The number of aliphatic carboxylic acids is 1. The fraction of sp³-hybridized carbons (Fsp3) is 0.833. The van der Waals surface area contributed by atoms with Crippen LogP contribution in [0.4, 0.5) is 4.79 Å². The van der Waals surface area contributed by atoms with E-state index in [9.17, 15) is 9.59 Å². The van der Waals surface area contributed by atoms with Gasteiger partial charge in [0.2, 0.25) is 0 Å². The first-order valence-electron chi connectivity index (χ1n) is 6.33. The summed E-state index contributed by atoms with van der Waals surface area (Å²) in [6.07, 6.45) is 1.31. The molecule has 1 atom stereocenters. The third-order valence-corrected chi connectivity index (χ3v) is 3.48. The fourth-order valence-corrected chi connectivity index (χ4v) is 2.61. The maximum absolute atomic E-state index is 12.3. The van der Waals surface area contributed by atoms with Crippen molar-refractivity contribution in [3.63, 3.8) is 0 Å². The Morgan fingerprint density at radius 2 is 2.06 bits per heavy atom. The van der Waals surface area contributed by atoms with Gasteiger partial charge in [0.25, 0.3) is 0 Å². The van der Waals surface area contributed by atoms with Crippen molar-refractivity contribution in [2.24, 2.45) is 0 Å². The van der Waals surface area contributed by atoms with Gasteiger partial charge in [0, 0.05) is 13.1 Å². The Balaban J connectivity index is 2.04. The van der Waals surface area contributed by atoms with Crippen LogP contribution in [-0.4, -0.2) is 64.8 Å². The summed E-state index contributed by atoms with van der Waals surface area (Å²) < 4.78 is 5.55. The molecule has 0 radical (unpaired) electrons. The van der Waals surface area contributed by atoms with Gasteiger partial charge in [-0.25, -0.2) is 9.59 Å². The molecule has 0 spiro atoms. The second-order valence-corrected chi connectivity index (χ2v) is 5.50. The van der Waals surface area contributed by atoms with Crippen LogP contribution in [0, 0.1) is 0 Å². The van der Waals surface area contributed by atoms with Crippen LogP contribution >= 0.6 is 0 Å². The van der Waals surface area contributed by atoms with Gasteiger partial charge in [-0.15, -0.1) is 0 Å². The molecule has 102 valence electrons. The first-order chi connectivity index (χ1) is 8.41. The first-order valence-corrected chi connectivity index (χ1v) is 6.33. The maximum Gasteiger partial charge on any atom is 0.326 e. The lowest BCUT2D eigenvalue weighted by molar-refractivity contribution is -0.141. The van der Waals surface area contributed by atoms with Crippen molar-refractivity contribution in [2.75, 3.05) is 26.2 Å². The van der Waals surface area contributed by atoms with E-state index in [1.54, 1.807) is 4.90 Å². The minimum Gasteiger partial charge on any atom is -0.480 e. The van der Waals surface area contributed by atoms with E-state index >= 15 is 0 Å². The third-order valence-electron chi connectivity index (χ3n) is 3.48. The molecule has 2 saturated heterocycles. The molecule has 2 fully saturated rings. The predicted octanol–water partition coefficient (Wildman–Crippen LogP) is 0.766. The highest BCUT2D eigenvalue weighted by molar-refractivity contribution is 5.83. The summed E-state index contributed by atoms with van der Waals surface area (Å²) in [6, 6.07) is -0.834. The zero-order chi connectivity index (χ0) is 13.3. The lowest BCUT2D eigenvalue weighted by atomic mass is 10.1. The molecule has 2 rings (SSSR count). The van der Waals surface area contributed by atoms with Crippen molar-refractivity contribution in [1.29, 1.82) is 0 Å². The summed E-state index contributed by atoms with van der Waals surface area (Å²) in [6.45, 7) is 5.95. The zero-order valence-corrected chi connectivity index (χ0v) is 10.9. The van der Waals surface area contributed by atoms with Crippen molar-refractivity contribution in [2.45, 2.75) is 38.3 Å². The molecule has 2 heterocycles. The number of carbonyl (C=O) groups is 2. The van der Waals surface area contributed by atoms with Crippen molar-refractivity contribution >= 4 is 12.0 Å². The standard InChI is InChI=1S/C12H20N2O4/c1-12(2)8-13(6-7-18-12)11(17)14-5-3-4-9(14)10(15)16/h9H,3-8H2,1-2H3,(H,15,16)/t9-/m0/s1. The molecule has 2 aliphatic heterocycles. The molecule has 1 N–H and O–H groups in total. The fourth-order valence-electron chi connectivity index (χ4n) is 2.61. The second-order valence-electron chi connectivity index (χ2n) is 5.50. The number of likely N-dealkylation sites (tertiary alicyclic amines) is 1. The van der Waals surface area contributed by atoms with Crippen LogP contribution in [0.5, 0.6) is 0 Å². The highest BCUT2D eigenvalue weighted by atomic mass is 16.5. The van der Waals surface area contributed by atoms with Gasteiger partial charge >= 0.3 is 12.0 Å². The van der Waals surface area contributed by atoms with E-state index in [0.717, 1.165) is 6.42 Å². The van der Waals surface area contributed by atoms with Gasteiger partial charge in [-0.3, -0.25) is 0 Å². The normalized spacial score (nSPS) is 27.3. The minimum atomic E-state index is -0.909. The molecule has 0 saturated carbocycles. The average Bonchev–Trinajstić information content (AvgIpc) is 2.75. The lowest BCUT2D eigenvalue weighted by Gasteiger charge is -2.40. The van der Waals surface area contributed by atoms with Gasteiger partial charge in [0.1, 0.15) is 6.04 Å². The van der Waals surface area contributed by atoms with Crippen LogP contribution < -0.4 is 0 Å². The number of hydrogen-bond acceptors (Lipinski definition) is 3. The van der Waals surface area contributed by atoms with Gasteiger partial charge in [-0.1, -0.05) is 0 Å². The topological polar surface area (TPSA) is 70.1 Å². The van der Waals surface area contributed by atoms with E-state index in [-0.39, 0.29) is 11.6 Å². The molecule has 0 aromatic rings. The maximum atomic E-state index is 12.3. The van der Waals surface area contributed by atoms with Crippen LogP contribution in [-0.2, 0) is 9.53 Å². The monoisotopic (exact) mass is 256 g/mol. The SMILES string of the molecule is CC1(C)CN(C(=O)N2CCC[C@H]2C(=O)O)CCO1. The molecule has 0 aromatic heterocycles. The molecule has 0 aliphatic carbocycles. The van der Waals surface area contributed by atoms with E-state index in [1.165, 1.54) is 4.90 Å². The molecule has 6 nitrogen and oxygen atoms in total. The second kappa shape index (κ2) is 4.76. The Kier molecular flexibility index (Phi) is 3.47. The van der Waals surface area contributed by atoms with Crippen LogP contribution in [0.1, 0.15) is 26.7 Å². The van der Waals surface area contributed by atoms with Crippen molar-refractivity contribution in [3.05, 3.63) is 0 Å². The molecule has 2 aliphatic rings. The minimum absolute atomic E-state index is 0.170. The van der Waals surface area contributed by atoms with Gasteiger partial charge < -0.3 is 19.6 Å². The Hall–Kier alpha value is -1.30. The van der Waals surface area contributed by atoms with Crippen LogP contribution in [0.15, 0.2) is 0 Å². The molecule has 0 bridgehead atoms. The highest BCUT2D eigenvalue weighted by Gasteiger charge is 2.38. The Morgan fingerprint density at radius 1 is 1.33 bits per heavy atom. The van der Waals surface area contributed by atoms with Crippen molar-refractivity contribution in [3.8, 4) is 0 Å². The molecule has 18 heavy (non-hydrogen) atoms. The molecule has 0 aromatic carbocycles. The Bertz CT molecular complexity index is 356. The number of carbonyl (C=O) groups excluding carboxylic acids is 1. The number of ether oxygens (including phenoxy) is 1. The number of carboxylic acids is 1. The molecule has 0 unspecified atom stereocenters. The summed E-state index contributed by atoms with van der Waals surface area (Å²) >= 11 is 0. The summed E-state index contributed by atoms with van der Waals surface area (Å²) in [5.41, 5.74) is -0.355. The van der Waals surface area contributed by atoms with Crippen molar-refractivity contribution < 1.29 is 19.4 Å². The van der Waals surface area contributed by atoms with E-state index in [0.29, 0.717) is 32.7 Å². The molecular weight excluding hydrogens is 236 g/mol. The van der Waals surface area contributed by atoms with E-state index < -0.39 is 12.0 Å². The smallest absolute Gasteiger partial charge is 0.326 e. The molecule has 6 heteroatoms. The van der Waals surface area contributed by atoms with Gasteiger partial charge in [-0.2, -0.15) is 0 Å². The number of nitrogens with zero attached hydrogens (tertiary/aromatic N) is 2. The Labute approximate surface area is 106 Å². The molecular formula is C12H20N2O4. The number of amides is 2. The summed E-state index contributed by atoms with van der Waals surface area (Å²) in [5, 5.41) is 9.10.